The first-order chi connectivity index (χ1) is 19.4. The van der Waals surface area contributed by atoms with Crippen molar-refractivity contribution < 1.29 is 14.3 Å². The van der Waals surface area contributed by atoms with Crippen LogP contribution in [0, 0.1) is 0 Å². The van der Waals surface area contributed by atoms with E-state index in [0.717, 1.165) is 21.7 Å². The molecule has 13 heteroatoms. The fourth-order valence-electron chi connectivity index (χ4n) is 3.38. The highest BCUT2D eigenvalue weighted by molar-refractivity contribution is 8.76. The fourth-order valence-corrected chi connectivity index (χ4v) is 5.25. The third kappa shape index (κ3) is 11.3. The van der Waals surface area contributed by atoms with Crippen LogP contribution in [0.4, 0.5) is 0 Å². The summed E-state index contributed by atoms with van der Waals surface area (Å²) in [6.45, 7) is 1.65. The quantitative estimate of drug-likeness (QED) is 0.0726. The third-order valence-corrected chi connectivity index (χ3v) is 7.44. The highest BCUT2D eigenvalue weighted by Gasteiger charge is 2.11. The van der Waals surface area contributed by atoms with E-state index in [1.165, 1.54) is 0 Å². The Labute approximate surface area is 241 Å². The SMILES string of the molecule is NC(N)=NCCOc1cccc(-c2ccc(CNC(=O)CCSSc3ccccn3)cc2OCCN=C(N)N)c1. The molecule has 1 amide bonds. The number of rotatable bonds is 16. The van der Waals surface area contributed by atoms with Gasteiger partial charge in [-0.1, -0.05) is 41.1 Å². The Hall–Kier alpha value is -4.10. The molecule has 9 N–H and O–H groups in total. The molecular formula is C27H34N8O3S2. The van der Waals surface area contributed by atoms with Gasteiger partial charge in [0.25, 0.3) is 0 Å². The van der Waals surface area contributed by atoms with Crippen molar-refractivity contribution in [2.24, 2.45) is 32.9 Å². The lowest BCUT2D eigenvalue weighted by Crippen LogP contribution is -2.23. The lowest BCUT2D eigenvalue weighted by Gasteiger charge is -2.15. The van der Waals surface area contributed by atoms with Crippen LogP contribution in [0.15, 0.2) is 81.9 Å². The number of aliphatic imine (C=N–C) groups is 2. The fraction of sp³-hybridized carbons (Fsp3) is 0.259. The molecule has 0 aliphatic heterocycles. The van der Waals surface area contributed by atoms with Crippen LogP contribution in [0.1, 0.15) is 12.0 Å². The topological polar surface area (TPSA) is 189 Å². The van der Waals surface area contributed by atoms with Crippen molar-refractivity contribution in [2.75, 3.05) is 32.1 Å². The van der Waals surface area contributed by atoms with Crippen molar-refractivity contribution in [3.8, 4) is 22.6 Å². The number of carbonyl (C=O) groups excluding carboxylic acids is 1. The number of ether oxygens (including phenoxy) is 2. The Morgan fingerprint density at radius 2 is 1.68 bits per heavy atom. The molecule has 2 aromatic carbocycles. The monoisotopic (exact) mass is 582 g/mol. The maximum atomic E-state index is 12.4. The number of hydrogen-bond acceptors (Lipinski definition) is 8. The van der Waals surface area contributed by atoms with Gasteiger partial charge in [-0.15, -0.1) is 0 Å². The Morgan fingerprint density at radius 3 is 2.40 bits per heavy atom. The predicted octanol–water partition coefficient (Wildman–Crippen LogP) is 2.50. The van der Waals surface area contributed by atoms with Crippen LogP contribution in [-0.4, -0.2) is 54.9 Å². The first kappa shape index (κ1) is 30.4. The molecule has 0 atom stereocenters. The Balaban J connectivity index is 1.62. The van der Waals surface area contributed by atoms with E-state index < -0.39 is 0 Å². The van der Waals surface area contributed by atoms with E-state index in [1.54, 1.807) is 27.8 Å². The van der Waals surface area contributed by atoms with Crippen LogP contribution in [-0.2, 0) is 11.3 Å². The van der Waals surface area contributed by atoms with Gasteiger partial charge in [-0.05, 0) is 52.3 Å². The summed E-state index contributed by atoms with van der Waals surface area (Å²) in [5.74, 6) is 1.98. The second kappa shape index (κ2) is 16.8. The summed E-state index contributed by atoms with van der Waals surface area (Å²) >= 11 is 0. The number of guanidine groups is 2. The first-order valence-electron chi connectivity index (χ1n) is 12.5. The Bertz CT molecular complexity index is 1280. The van der Waals surface area contributed by atoms with Crippen LogP contribution in [0.25, 0.3) is 11.1 Å². The van der Waals surface area contributed by atoms with Crippen molar-refractivity contribution in [3.63, 3.8) is 0 Å². The molecule has 0 fully saturated rings. The largest absolute Gasteiger partial charge is 0.492 e. The van der Waals surface area contributed by atoms with Gasteiger partial charge in [-0.25, -0.2) is 4.98 Å². The van der Waals surface area contributed by atoms with Crippen molar-refractivity contribution in [1.29, 1.82) is 0 Å². The summed E-state index contributed by atoms with van der Waals surface area (Å²) in [5.41, 5.74) is 24.2. The minimum absolute atomic E-state index is 0.00228. The van der Waals surface area contributed by atoms with E-state index in [2.05, 4.69) is 20.3 Å². The zero-order valence-corrected chi connectivity index (χ0v) is 23.6. The first-order valence-corrected chi connectivity index (χ1v) is 14.8. The van der Waals surface area contributed by atoms with Crippen molar-refractivity contribution >= 4 is 39.4 Å². The van der Waals surface area contributed by atoms with Crippen LogP contribution in [0.5, 0.6) is 11.5 Å². The minimum Gasteiger partial charge on any atom is -0.492 e. The molecule has 1 aromatic heterocycles. The highest BCUT2D eigenvalue weighted by Crippen LogP contribution is 2.33. The zero-order chi connectivity index (χ0) is 28.6. The molecule has 0 spiro atoms. The van der Waals surface area contributed by atoms with Crippen molar-refractivity contribution in [3.05, 3.63) is 72.4 Å². The molecule has 0 aliphatic carbocycles. The molecule has 0 aliphatic rings. The maximum absolute atomic E-state index is 12.4. The Kier molecular flexibility index (Phi) is 12.8. The summed E-state index contributed by atoms with van der Waals surface area (Å²) in [5, 5.41) is 3.90. The highest BCUT2D eigenvalue weighted by atomic mass is 33.1. The van der Waals surface area contributed by atoms with Crippen LogP contribution in [0.2, 0.25) is 0 Å². The lowest BCUT2D eigenvalue weighted by atomic mass is 10.0. The van der Waals surface area contributed by atoms with Crippen LogP contribution in [0.3, 0.4) is 0 Å². The summed E-state index contributed by atoms with van der Waals surface area (Å²) in [6.07, 6.45) is 2.15. The van der Waals surface area contributed by atoms with E-state index in [1.807, 2.05) is 60.7 Å². The van der Waals surface area contributed by atoms with E-state index in [9.17, 15) is 4.79 Å². The normalized spacial score (nSPS) is 10.4. The predicted molar refractivity (Wildman–Crippen MR) is 163 cm³/mol. The van der Waals surface area contributed by atoms with E-state index >= 15 is 0 Å². The van der Waals surface area contributed by atoms with Gasteiger partial charge in [0.05, 0.1) is 13.1 Å². The molecule has 1 heterocycles. The zero-order valence-electron chi connectivity index (χ0n) is 22.0. The number of aromatic nitrogens is 1. The van der Waals surface area contributed by atoms with Crippen LogP contribution >= 0.6 is 21.6 Å². The summed E-state index contributed by atoms with van der Waals surface area (Å²) in [6, 6.07) is 19.2. The van der Waals surface area contributed by atoms with Crippen LogP contribution < -0.4 is 37.7 Å². The number of amides is 1. The smallest absolute Gasteiger partial charge is 0.221 e. The van der Waals surface area contributed by atoms with Gasteiger partial charge in [0.1, 0.15) is 29.7 Å². The van der Waals surface area contributed by atoms with E-state index in [4.69, 9.17) is 32.4 Å². The standard InChI is InChI=1S/C27H34N8O3S2/c28-26(29)33-11-13-37-21-5-3-4-20(17-21)22-8-7-19(16-23(22)38-14-12-34-27(30)31)18-35-24(36)9-15-39-40-25-6-1-2-10-32-25/h1-8,10,16-17H,9,11-15,18H2,(H,35,36)(H4,28,29,33)(H4,30,31,34). The summed E-state index contributed by atoms with van der Waals surface area (Å²) in [4.78, 5) is 24.6. The average molecular weight is 583 g/mol. The lowest BCUT2D eigenvalue weighted by molar-refractivity contribution is -0.120. The second-order valence-electron chi connectivity index (χ2n) is 8.27. The van der Waals surface area contributed by atoms with Crippen molar-refractivity contribution in [2.45, 2.75) is 18.0 Å². The maximum Gasteiger partial charge on any atom is 0.221 e. The number of pyridine rings is 1. The molecular weight excluding hydrogens is 548 g/mol. The number of benzene rings is 2. The van der Waals surface area contributed by atoms with Gasteiger partial charge < -0.3 is 37.7 Å². The molecule has 11 nitrogen and oxygen atoms in total. The number of nitrogens with two attached hydrogens (primary N) is 4. The molecule has 0 bridgehead atoms. The number of carbonyl (C=O) groups is 1. The van der Waals surface area contributed by atoms with Gasteiger partial charge in [-0.3, -0.25) is 14.8 Å². The average Bonchev–Trinajstić information content (AvgIpc) is 2.95. The molecule has 0 saturated heterocycles. The van der Waals surface area contributed by atoms with Crippen molar-refractivity contribution in [1.82, 2.24) is 10.3 Å². The Morgan fingerprint density at radius 1 is 0.900 bits per heavy atom. The van der Waals surface area contributed by atoms with Gasteiger partial charge in [0.2, 0.25) is 5.91 Å². The summed E-state index contributed by atoms with van der Waals surface area (Å²) < 4.78 is 11.8. The minimum atomic E-state index is -0.0287. The van der Waals surface area contributed by atoms with Gasteiger partial charge in [-0.2, -0.15) is 0 Å². The molecule has 0 radical (unpaired) electrons. The summed E-state index contributed by atoms with van der Waals surface area (Å²) in [7, 11) is 3.15. The molecule has 0 saturated carbocycles. The molecule has 212 valence electrons. The third-order valence-electron chi connectivity index (χ3n) is 5.17. The van der Waals surface area contributed by atoms with Gasteiger partial charge >= 0.3 is 0 Å². The number of nitrogens with one attached hydrogen (secondary N) is 1. The molecule has 0 unspecified atom stereocenters. The number of hydrogen-bond donors (Lipinski definition) is 5. The molecule has 3 rings (SSSR count). The molecule has 3 aromatic rings. The van der Waals surface area contributed by atoms with E-state index in [-0.39, 0.29) is 24.4 Å². The van der Waals surface area contributed by atoms with Gasteiger partial charge in [0, 0.05) is 30.5 Å². The number of nitrogens with zero attached hydrogens (tertiary/aromatic N) is 3. The molecule has 40 heavy (non-hydrogen) atoms. The second-order valence-corrected chi connectivity index (χ2v) is 10.7. The van der Waals surface area contributed by atoms with Gasteiger partial charge in [0.15, 0.2) is 11.9 Å². The van der Waals surface area contributed by atoms with E-state index in [0.29, 0.717) is 49.9 Å².